The van der Waals surface area contributed by atoms with Gasteiger partial charge in [0.15, 0.2) is 0 Å². The molecule has 5 nitrogen and oxygen atoms in total. The van der Waals surface area contributed by atoms with Crippen molar-refractivity contribution in [3.63, 3.8) is 0 Å². The third kappa shape index (κ3) is 5.31. The molecule has 0 aromatic rings. The van der Waals surface area contributed by atoms with Gasteiger partial charge in [0.05, 0.1) is 0 Å². The van der Waals surface area contributed by atoms with Gasteiger partial charge in [0.25, 0.3) is 0 Å². The van der Waals surface area contributed by atoms with Crippen LogP contribution in [-0.4, -0.2) is 47.3 Å². The monoisotopic (exact) mass is 323 g/mol. The number of hydrogen-bond donors (Lipinski definition) is 2. The molecular formula is C10H15F6N3O2. The number of oxime groups is 1. The predicted octanol–water partition coefficient (Wildman–Crippen LogP) is 1.96. The molecule has 0 radical (unpaired) electrons. The lowest BCUT2D eigenvalue weighted by Gasteiger charge is -2.30. The Labute approximate surface area is 116 Å². The molecule has 0 heterocycles. The molecule has 1 amide bonds. The highest BCUT2D eigenvalue weighted by Crippen LogP contribution is 2.40. The zero-order valence-corrected chi connectivity index (χ0v) is 11.2. The van der Waals surface area contributed by atoms with Gasteiger partial charge < -0.3 is 15.8 Å². The van der Waals surface area contributed by atoms with Gasteiger partial charge >= 0.3 is 12.4 Å². The van der Waals surface area contributed by atoms with Gasteiger partial charge in [0, 0.05) is 19.0 Å². The molecule has 0 aliphatic rings. The first kappa shape index (κ1) is 19.3. The molecule has 0 aliphatic heterocycles. The fraction of sp³-hybridized carbons (Fsp3) is 0.800. The van der Waals surface area contributed by atoms with E-state index in [2.05, 4.69) is 5.16 Å². The number of carbonyl (C=O) groups is 1. The molecule has 21 heavy (non-hydrogen) atoms. The molecule has 0 fully saturated rings. The molecule has 0 saturated heterocycles. The molecule has 3 N–H and O–H groups in total. The number of alkyl halides is 6. The van der Waals surface area contributed by atoms with Gasteiger partial charge in [0.2, 0.25) is 11.8 Å². The van der Waals surface area contributed by atoms with Crippen molar-refractivity contribution in [2.24, 2.45) is 22.7 Å². The Morgan fingerprint density at radius 2 is 1.67 bits per heavy atom. The normalized spacial score (nSPS) is 15.2. The largest absolute Gasteiger partial charge is 0.409 e. The molecule has 124 valence electrons. The van der Waals surface area contributed by atoms with Crippen LogP contribution in [-0.2, 0) is 4.79 Å². The molecule has 0 aromatic carbocycles. The quantitative estimate of drug-likeness (QED) is 0.267. The van der Waals surface area contributed by atoms with E-state index < -0.39 is 42.5 Å². The average molecular weight is 323 g/mol. The third-order valence-electron chi connectivity index (χ3n) is 2.71. The summed E-state index contributed by atoms with van der Waals surface area (Å²) in [6, 6.07) is 0. The van der Waals surface area contributed by atoms with Crippen LogP contribution in [0.5, 0.6) is 0 Å². The van der Waals surface area contributed by atoms with Gasteiger partial charge in [-0.1, -0.05) is 12.1 Å². The van der Waals surface area contributed by atoms with E-state index >= 15 is 0 Å². The number of halogens is 6. The van der Waals surface area contributed by atoms with Crippen LogP contribution in [0.1, 0.15) is 13.8 Å². The maximum Gasteiger partial charge on any atom is 0.409 e. The summed E-state index contributed by atoms with van der Waals surface area (Å²) in [7, 11) is 0. The Morgan fingerprint density at radius 3 is 1.95 bits per heavy atom. The van der Waals surface area contributed by atoms with Crippen molar-refractivity contribution in [2.75, 3.05) is 13.1 Å². The number of hydrogen-bond acceptors (Lipinski definition) is 3. The highest BCUT2D eigenvalue weighted by molar-refractivity contribution is 5.84. The third-order valence-corrected chi connectivity index (χ3v) is 2.71. The van der Waals surface area contributed by atoms with Crippen molar-refractivity contribution >= 4 is 11.7 Å². The van der Waals surface area contributed by atoms with Crippen molar-refractivity contribution < 1.29 is 36.3 Å². The molecule has 0 spiro atoms. The number of nitrogens with zero attached hydrogens (tertiary/aromatic N) is 2. The van der Waals surface area contributed by atoms with Gasteiger partial charge in [-0.2, -0.15) is 26.3 Å². The van der Waals surface area contributed by atoms with Crippen LogP contribution in [0.15, 0.2) is 5.16 Å². The average Bonchev–Trinajstić information content (AvgIpc) is 2.30. The van der Waals surface area contributed by atoms with Gasteiger partial charge in [-0.05, 0) is 6.92 Å². The summed E-state index contributed by atoms with van der Waals surface area (Å²) < 4.78 is 74.8. The fourth-order valence-electron chi connectivity index (χ4n) is 1.55. The summed E-state index contributed by atoms with van der Waals surface area (Å²) in [6.07, 6.45) is -11.5. The number of amidine groups is 1. The van der Waals surface area contributed by atoms with Gasteiger partial charge in [-0.15, -0.1) is 0 Å². The van der Waals surface area contributed by atoms with E-state index in [4.69, 9.17) is 10.9 Å². The fourth-order valence-corrected chi connectivity index (χ4v) is 1.55. The molecular weight excluding hydrogens is 308 g/mol. The van der Waals surface area contributed by atoms with Crippen LogP contribution in [0.4, 0.5) is 26.3 Å². The lowest BCUT2D eigenvalue weighted by Crippen LogP contribution is -2.51. The predicted molar refractivity (Wildman–Crippen MR) is 60.4 cm³/mol. The van der Waals surface area contributed by atoms with Crippen molar-refractivity contribution in [3.05, 3.63) is 0 Å². The maximum absolute atomic E-state index is 12.5. The summed E-state index contributed by atoms with van der Waals surface area (Å²) in [6.45, 7) is 1.60. The highest BCUT2D eigenvalue weighted by atomic mass is 19.4. The van der Waals surface area contributed by atoms with Crippen LogP contribution in [0.2, 0.25) is 0 Å². The summed E-state index contributed by atoms with van der Waals surface area (Å²) >= 11 is 0. The zero-order valence-electron chi connectivity index (χ0n) is 11.2. The first-order chi connectivity index (χ1) is 9.36. The number of rotatable bonds is 5. The maximum atomic E-state index is 12.5. The van der Waals surface area contributed by atoms with Crippen LogP contribution in [0.3, 0.4) is 0 Å². The molecule has 0 rings (SSSR count). The molecule has 0 bridgehead atoms. The highest BCUT2D eigenvalue weighted by Gasteiger charge is 2.62. The topological polar surface area (TPSA) is 78.9 Å². The minimum Gasteiger partial charge on any atom is -0.409 e. The first-order valence-electron chi connectivity index (χ1n) is 5.75. The van der Waals surface area contributed by atoms with E-state index in [1.807, 2.05) is 0 Å². The Morgan fingerprint density at radius 1 is 1.24 bits per heavy atom. The minimum atomic E-state index is -5.75. The Hall–Kier alpha value is -1.68. The molecule has 11 heteroatoms. The summed E-state index contributed by atoms with van der Waals surface area (Å²) in [5.41, 5.74) is 5.18. The zero-order chi connectivity index (χ0) is 17.0. The van der Waals surface area contributed by atoms with Crippen molar-refractivity contribution in [3.8, 4) is 0 Å². The van der Waals surface area contributed by atoms with Crippen LogP contribution in [0, 0.1) is 11.8 Å². The van der Waals surface area contributed by atoms with E-state index in [0.29, 0.717) is 4.90 Å². The van der Waals surface area contributed by atoms with E-state index in [9.17, 15) is 31.1 Å². The van der Waals surface area contributed by atoms with Crippen molar-refractivity contribution in [1.29, 1.82) is 0 Å². The SMILES string of the molecule is CCN(CC(C)C(N)=NO)C(=O)C(C(F)(F)F)C(F)(F)F. The second-order valence-electron chi connectivity index (χ2n) is 4.32. The number of carbonyl (C=O) groups excluding carboxylic acids is 1. The van der Waals surface area contributed by atoms with Crippen molar-refractivity contribution in [2.45, 2.75) is 26.2 Å². The summed E-state index contributed by atoms with van der Waals surface area (Å²) in [5, 5.41) is 11.0. The lowest BCUT2D eigenvalue weighted by molar-refractivity contribution is -0.277. The van der Waals surface area contributed by atoms with E-state index in [1.54, 1.807) is 0 Å². The molecule has 0 aromatic heterocycles. The van der Waals surface area contributed by atoms with Gasteiger partial charge in [-0.3, -0.25) is 4.79 Å². The second-order valence-corrected chi connectivity index (χ2v) is 4.32. The molecule has 1 unspecified atom stereocenters. The van der Waals surface area contributed by atoms with Crippen LogP contribution < -0.4 is 5.73 Å². The Kier molecular flexibility index (Phi) is 6.30. The minimum absolute atomic E-state index is 0.369. The summed E-state index contributed by atoms with van der Waals surface area (Å²) in [5.74, 6) is -7.52. The molecule has 1 atom stereocenters. The Balaban J connectivity index is 5.31. The van der Waals surface area contributed by atoms with Crippen LogP contribution in [0.25, 0.3) is 0 Å². The van der Waals surface area contributed by atoms with Gasteiger partial charge in [-0.25, -0.2) is 0 Å². The molecule has 0 aliphatic carbocycles. The molecule has 0 saturated carbocycles. The first-order valence-corrected chi connectivity index (χ1v) is 5.75. The second kappa shape index (κ2) is 6.85. The van der Waals surface area contributed by atoms with E-state index in [-0.39, 0.29) is 6.54 Å². The van der Waals surface area contributed by atoms with Crippen molar-refractivity contribution in [1.82, 2.24) is 4.90 Å². The summed E-state index contributed by atoms with van der Waals surface area (Å²) in [4.78, 5) is 11.9. The lowest BCUT2D eigenvalue weighted by atomic mass is 10.0. The smallest absolute Gasteiger partial charge is 0.409 e. The van der Waals surface area contributed by atoms with Gasteiger partial charge in [0.1, 0.15) is 5.84 Å². The van der Waals surface area contributed by atoms with E-state index in [0.717, 1.165) is 0 Å². The van der Waals surface area contributed by atoms with E-state index in [1.165, 1.54) is 13.8 Å². The number of amides is 1. The number of nitrogens with two attached hydrogens (primary N) is 1. The standard InChI is InChI=1S/C10H15F6N3O2/c1-3-19(4-5(2)7(17)18-21)8(20)6(9(11,12)13)10(14,15)16/h5-6,21H,3-4H2,1-2H3,(H2,17,18). The Bertz CT molecular complexity index is 379. The van der Waals surface area contributed by atoms with Crippen LogP contribution >= 0.6 is 0 Å².